The number of anilines is 3. The van der Waals surface area contributed by atoms with Gasteiger partial charge in [0.2, 0.25) is 0 Å². The number of piperidine rings is 1. The summed E-state index contributed by atoms with van der Waals surface area (Å²) in [6.07, 6.45) is 5.30. The highest BCUT2D eigenvalue weighted by Crippen LogP contribution is 2.39. The summed E-state index contributed by atoms with van der Waals surface area (Å²) >= 11 is 3.71. The number of rotatable bonds is 4. The minimum Gasteiger partial charge on any atom is -0.444 e. The van der Waals surface area contributed by atoms with Gasteiger partial charge in [-0.15, -0.1) is 0 Å². The van der Waals surface area contributed by atoms with Gasteiger partial charge in [-0.05, 0) is 61.7 Å². The van der Waals surface area contributed by atoms with E-state index in [-0.39, 0.29) is 12.1 Å². The van der Waals surface area contributed by atoms with Gasteiger partial charge >= 0.3 is 6.09 Å². The van der Waals surface area contributed by atoms with E-state index in [0.717, 1.165) is 52.0 Å². The molecule has 0 spiro atoms. The highest BCUT2D eigenvalue weighted by atomic mass is 79.9. The Morgan fingerprint density at radius 2 is 2.06 bits per heavy atom. The minimum absolute atomic E-state index is 0.0168. The molecule has 1 fully saturated rings. The number of ether oxygens (including phenoxy) is 1. The van der Waals surface area contributed by atoms with Crippen LogP contribution in [0.15, 0.2) is 47.2 Å². The summed E-state index contributed by atoms with van der Waals surface area (Å²) in [5, 5.41) is 7.55. The molecule has 0 aliphatic carbocycles. The number of amides is 1. The van der Waals surface area contributed by atoms with Crippen LogP contribution in [0.5, 0.6) is 0 Å². The van der Waals surface area contributed by atoms with Crippen LogP contribution in [0.1, 0.15) is 33.6 Å². The second kappa shape index (κ2) is 8.78. The van der Waals surface area contributed by atoms with Gasteiger partial charge in [0.1, 0.15) is 11.2 Å². The van der Waals surface area contributed by atoms with Gasteiger partial charge < -0.3 is 25.3 Å². The van der Waals surface area contributed by atoms with E-state index >= 15 is 0 Å². The molecule has 0 unspecified atom stereocenters. The number of hydrogen-bond acceptors (Lipinski definition) is 5. The van der Waals surface area contributed by atoms with Crippen molar-refractivity contribution in [2.45, 2.75) is 45.3 Å². The maximum Gasteiger partial charge on any atom is 0.407 e. The zero-order valence-electron chi connectivity index (χ0n) is 18.0. The number of alkyl carbamates (subject to hydrolysis) is 1. The summed E-state index contributed by atoms with van der Waals surface area (Å²) < 4.78 is 6.37. The fourth-order valence-corrected chi connectivity index (χ4v) is 4.46. The molecule has 3 N–H and O–H groups in total. The standard InChI is InChI=1S/C23H28BrN5O2/c1-23(2,3)31-22(30)28-16-10-7-11-29(14-16)20-17(24)12-25-21-19(20)18(13-26-21)27-15-8-5-4-6-9-15/h4-6,8-9,12-13,16,27H,7,10-11,14H2,1-3H3,(H,25,26)(H,28,30)/t16-/m1/s1. The first-order valence-electron chi connectivity index (χ1n) is 10.5. The van der Waals surface area contributed by atoms with E-state index in [1.54, 1.807) is 0 Å². The van der Waals surface area contributed by atoms with Crippen LogP contribution < -0.4 is 15.5 Å². The molecule has 164 valence electrons. The van der Waals surface area contributed by atoms with E-state index in [1.807, 2.05) is 63.5 Å². The second-order valence-electron chi connectivity index (χ2n) is 8.80. The lowest BCUT2D eigenvalue weighted by atomic mass is 10.0. The van der Waals surface area contributed by atoms with Crippen LogP contribution in [-0.4, -0.2) is 40.8 Å². The number of nitrogens with one attached hydrogen (secondary N) is 3. The molecule has 1 saturated heterocycles. The lowest BCUT2D eigenvalue weighted by Crippen LogP contribution is -2.49. The van der Waals surface area contributed by atoms with Gasteiger partial charge in [-0.2, -0.15) is 0 Å². The van der Waals surface area contributed by atoms with Crippen LogP contribution in [0.4, 0.5) is 21.9 Å². The van der Waals surface area contributed by atoms with Gasteiger partial charge in [0.15, 0.2) is 0 Å². The van der Waals surface area contributed by atoms with E-state index in [9.17, 15) is 4.79 Å². The van der Waals surface area contributed by atoms with E-state index < -0.39 is 5.60 Å². The summed E-state index contributed by atoms with van der Waals surface area (Å²) in [7, 11) is 0. The Labute approximate surface area is 190 Å². The topological polar surface area (TPSA) is 82.3 Å². The predicted molar refractivity (Wildman–Crippen MR) is 128 cm³/mol. The number of carbonyl (C=O) groups is 1. The Bertz CT molecular complexity index is 1060. The van der Waals surface area contributed by atoms with Crippen molar-refractivity contribution in [1.82, 2.24) is 15.3 Å². The fourth-order valence-electron chi connectivity index (χ4n) is 3.91. The third-order valence-electron chi connectivity index (χ3n) is 5.14. The zero-order chi connectivity index (χ0) is 22.0. The van der Waals surface area contributed by atoms with Gasteiger partial charge in [0, 0.05) is 37.2 Å². The summed E-state index contributed by atoms with van der Waals surface area (Å²) in [6, 6.07) is 10.1. The molecule has 1 aromatic carbocycles. The molecule has 1 aliphatic rings. The molecule has 1 aliphatic heterocycles. The molecule has 4 rings (SSSR count). The normalized spacial score (nSPS) is 16.9. The molecule has 0 bridgehead atoms. The van der Waals surface area contributed by atoms with Crippen molar-refractivity contribution in [3.05, 3.63) is 47.2 Å². The number of nitrogens with zero attached hydrogens (tertiary/aromatic N) is 2. The number of aromatic nitrogens is 2. The number of aromatic amines is 1. The third kappa shape index (κ3) is 5.12. The number of para-hydroxylation sites is 1. The highest BCUT2D eigenvalue weighted by Gasteiger charge is 2.27. The lowest BCUT2D eigenvalue weighted by molar-refractivity contribution is 0.0500. The molecule has 0 saturated carbocycles. The van der Waals surface area contributed by atoms with Gasteiger partial charge in [-0.1, -0.05) is 18.2 Å². The Hall–Kier alpha value is -2.74. The van der Waals surface area contributed by atoms with Crippen LogP contribution in [0.25, 0.3) is 11.0 Å². The SMILES string of the molecule is CC(C)(C)OC(=O)N[C@@H]1CCCN(c2c(Br)cnc3[nH]cc(Nc4ccccc4)c23)C1. The number of benzene rings is 1. The minimum atomic E-state index is -0.512. The van der Waals surface area contributed by atoms with Crippen molar-refractivity contribution in [1.29, 1.82) is 0 Å². The smallest absolute Gasteiger partial charge is 0.407 e. The van der Waals surface area contributed by atoms with Crippen LogP contribution >= 0.6 is 15.9 Å². The third-order valence-corrected chi connectivity index (χ3v) is 5.72. The molecule has 3 heterocycles. The Morgan fingerprint density at radius 3 is 2.81 bits per heavy atom. The number of fused-ring (bicyclic) bond motifs is 1. The molecule has 3 aromatic rings. The molecule has 2 aromatic heterocycles. The lowest BCUT2D eigenvalue weighted by Gasteiger charge is -2.36. The zero-order valence-corrected chi connectivity index (χ0v) is 19.6. The number of carbonyl (C=O) groups excluding carboxylic acids is 1. The maximum atomic E-state index is 12.3. The maximum absolute atomic E-state index is 12.3. The van der Waals surface area contributed by atoms with Crippen LogP contribution in [0.3, 0.4) is 0 Å². The molecular weight excluding hydrogens is 458 g/mol. The highest BCUT2D eigenvalue weighted by molar-refractivity contribution is 9.10. The van der Waals surface area contributed by atoms with Gasteiger partial charge in [-0.3, -0.25) is 0 Å². The molecule has 7 nitrogen and oxygen atoms in total. The van der Waals surface area contributed by atoms with E-state index in [2.05, 4.69) is 41.4 Å². The van der Waals surface area contributed by atoms with Crippen molar-refractivity contribution in [2.24, 2.45) is 0 Å². The summed E-state index contributed by atoms with van der Waals surface area (Å²) in [5.41, 5.74) is 3.35. The summed E-state index contributed by atoms with van der Waals surface area (Å²) in [4.78, 5) is 22.4. The van der Waals surface area contributed by atoms with Crippen LogP contribution in [0.2, 0.25) is 0 Å². The van der Waals surface area contributed by atoms with Gasteiger partial charge in [0.25, 0.3) is 0 Å². The Morgan fingerprint density at radius 1 is 1.29 bits per heavy atom. The first-order valence-corrected chi connectivity index (χ1v) is 11.3. The molecule has 1 atom stereocenters. The number of hydrogen-bond donors (Lipinski definition) is 3. The van der Waals surface area contributed by atoms with Gasteiger partial charge in [0.05, 0.1) is 21.2 Å². The average Bonchev–Trinajstić information content (AvgIpc) is 3.10. The van der Waals surface area contributed by atoms with Crippen molar-refractivity contribution >= 4 is 50.1 Å². The van der Waals surface area contributed by atoms with E-state index in [4.69, 9.17) is 4.74 Å². The molecular formula is C23H28BrN5O2. The predicted octanol–water partition coefficient (Wildman–Crippen LogP) is 5.56. The Balaban J connectivity index is 1.60. The van der Waals surface area contributed by atoms with E-state index in [0.29, 0.717) is 6.54 Å². The van der Waals surface area contributed by atoms with Crippen molar-refractivity contribution in [3.8, 4) is 0 Å². The molecule has 31 heavy (non-hydrogen) atoms. The summed E-state index contributed by atoms with van der Waals surface area (Å²) in [5.74, 6) is 0. The number of pyridine rings is 1. The monoisotopic (exact) mass is 485 g/mol. The first kappa shape index (κ1) is 21.5. The van der Waals surface area contributed by atoms with Crippen LogP contribution in [-0.2, 0) is 4.74 Å². The fraction of sp³-hybridized carbons (Fsp3) is 0.391. The summed E-state index contributed by atoms with van der Waals surface area (Å²) in [6.45, 7) is 7.22. The quantitative estimate of drug-likeness (QED) is 0.450. The molecule has 0 radical (unpaired) electrons. The Kier molecular flexibility index (Phi) is 6.09. The van der Waals surface area contributed by atoms with Gasteiger partial charge in [-0.25, -0.2) is 9.78 Å². The van der Waals surface area contributed by atoms with Crippen molar-refractivity contribution < 1.29 is 9.53 Å². The molecule has 1 amide bonds. The average molecular weight is 486 g/mol. The molecule has 8 heteroatoms. The van der Waals surface area contributed by atoms with E-state index in [1.165, 1.54) is 0 Å². The first-order chi connectivity index (χ1) is 14.8. The van der Waals surface area contributed by atoms with Crippen molar-refractivity contribution in [3.63, 3.8) is 0 Å². The number of H-pyrrole nitrogens is 1. The number of halogens is 1. The van der Waals surface area contributed by atoms with Crippen molar-refractivity contribution in [2.75, 3.05) is 23.3 Å². The largest absolute Gasteiger partial charge is 0.444 e. The second-order valence-corrected chi connectivity index (χ2v) is 9.66. The van der Waals surface area contributed by atoms with Crippen LogP contribution in [0, 0.1) is 0 Å².